The fraction of sp³-hybridized carbons (Fsp3) is 0.567. The number of aldehydes is 2. The number of alkyl halides is 4. The SMILES string of the molecule is BrCCCCCCCCBr.C#CCCO.C#CCCOC(OCCC#C)c1ccc(OCCCCCCCCBr)cc1.COCCO.O=Cc1ccc(O)cc1.O=Cc1ccc(OCCCCCCCCBr)cc1. The van der Waals surface area contributed by atoms with Gasteiger partial charge in [-0.3, -0.25) is 9.59 Å². The van der Waals surface area contributed by atoms with Crippen LogP contribution in [-0.2, 0) is 14.2 Å². The standard InChI is InChI=1S/C23H31BrO3.C15H21BrO2.C8H16Br2.C7H6O2.C4H6O.C3H8O2/c1-3-5-18-26-23(27-19-6-4-2)21-13-15-22(16-14-21)25-20-12-10-8-7-9-11-17-24;16-11-5-3-1-2-4-6-12-18-15-9-7-14(13-17)8-10-15;9-7-5-3-1-2-4-6-8-10;8-5-6-1-3-7(9)4-2-6;1-2-3-4-5;1-5-3-2-4/h1-2,13-16,23H,5-12,17-20H2;7-10,13H,1-6,11-12H2;1-8H2;1-5,9H;1,5H,3-4H2;4H,2-3H2,1H3. The van der Waals surface area contributed by atoms with Crippen molar-refractivity contribution < 1.29 is 48.6 Å². The Morgan fingerprint density at radius 1 is 0.459 bits per heavy atom. The molecule has 0 aromatic heterocycles. The molecule has 0 unspecified atom stereocenters. The summed E-state index contributed by atoms with van der Waals surface area (Å²) >= 11 is 13.8. The molecule has 74 heavy (non-hydrogen) atoms. The molecule has 0 aliphatic rings. The lowest BCUT2D eigenvalue weighted by atomic mass is 10.1. The molecule has 0 aliphatic carbocycles. The van der Waals surface area contributed by atoms with Gasteiger partial charge in [-0.1, -0.05) is 153 Å². The van der Waals surface area contributed by atoms with Crippen LogP contribution in [0.25, 0.3) is 0 Å². The fourth-order valence-corrected chi connectivity index (χ4v) is 7.43. The molecule has 3 N–H and O–H groups in total. The average molecular weight is 1290 g/mol. The highest BCUT2D eigenvalue weighted by atomic mass is 79.9. The molecule has 0 fully saturated rings. The number of carbonyl (C=O) groups excluding carboxylic acids is 2. The lowest BCUT2D eigenvalue weighted by molar-refractivity contribution is -0.144. The third-order valence-corrected chi connectivity index (χ3v) is 12.1. The lowest BCUT2D eigenvalue weighted by Crippen LogP contribution is -2.10. The van der Waals surface area contributed by atoms with Crippen molar-refractivity contribution in [1.82, 2.24) is 0 Å². The number of ether oxygens (including phenoxy) is 5. The van der Waals surface area contributed by atoms with Crippen molar-refractivity contribution in [2.45, 2.75) is 141 Å². The van der Waals surface area contributed by atoms with Gasteiger partial charge in [-0.2, -0.15) is 0 Å². The van der Waals surface area contributed by atoms with E-state index in [0.29, 0.717) is 50.2 Å². The van der Waals surface area contributed by atoms with E-state index in [1.54, 1.807) is 31.4 Å². The van der Waals surface area contributed by atoms with Gasteiger partial charge in [0.25, 0.3) is 0 Å². The smallest absolute Gasteiger partial charge is 0.183 e. The topological polar surface area (TPSA) is 141 Å². The Morgan fingerprint density at radius 2 is 0.797 bits per heavy atom. The molecule has 10 nitrogen and oxygen atoms in total. The summed E-state index contributed by atoms with van der Waals surface area (Å²) in [6, 6.07) is 21.2. The zero-order chi connectivity index (χ0) is 55.2. The summed E-state index contributed by atoms with van der Waals surface area (Å²) in [5.74, 6) is 9.29. The van der Waals surface area contributed by atoms with Crippen LogP contribution >= 0.6 is 63.7 Å². The summed E-state index contributed by atoms with van der Waals surface area (Å²) in [6.45, 7) is 3.08. The van der Waals surface area contributed by atoms with Gasteiger partial charge < -0.3 is 39.0 Å². The van der Waals surface area contributed by atoms with Crippen LogP contribution in [0.5, 0.6) is 17.2 Å². The number of unbranched alkanes of at least 4 members (excludes halogenated alkanes) is 15. The largest absolute Gasteiger partial charge is 0.508 e. The van der Waals surface area contributed by atoms with E-state index in [-0.39, 0.29) is 19.0 Å². The average Bonchev–Trinajstić information content (AvgIpc) is 3.43. The van der Waals surface area contributed by atoms with E-state index in [1.807, 2.05) is 36.4 Å². The summed E-state index contributed by atoms with van der Waals surface area (Å²) < 4.78 is 27.3. The van der Waals surface area contributed by atoms with Crippen molar-refractivity contribution >= 4 is 76.3 Å². The summed E-state index contributed by atoms with van der Waals surface area (Å²) in [6.07, 6.45) is 41.3. The Bertz CT molecular complexity index is 1710. The van der Waals surface area contributed by atoms with Crippen molar-refractivity contribution in [2.24, 2.45) is 0 Å². The third-order valence-electron chi connectivity index (χ3n) is 9.89. The van der Waals surface area contributed by atoms with E-state index in [1.165, 1.54) is 126 Å². The van der Waals surface area contributed by atoms with Gasteiger partial charge in [-0.15, -0.1) is 37.0 Å². The Morgan fingerprint density at radius 3 is 1.08 bits per heavy atom. The van der Waals surface area contributed by atoms with Gasteiger partial charge in [0, 0.05) is 64.4 Å². The molecule has 3 rings (SSSR count). The number of aliphatic hydroxyl groups is 2. The minimum atomic E-state index is -0.458. The minimum Gasteiger partial charge on any atom is -0.508 e. The van der Waals surface area contributed by atoms with Gasteiger partial charge in [-0.05, 0) is 99.2 Å². The molecule has 0 radical (unpaired) electrons. The monoisotopic (exact) mass is 1280 g/mol. The maximum atomic E-state index is 10.5. The first-order valence-electron chi connectivity index (χ1n) is 25.9. The van der Waals surface area contributed by atoms with Gasteiger partial charge in [-0.25, -0.2) is 0 Å². The molecule has 3 aromatic carbocycles. The number of benzene rings is 3. The second-order valence-electron chi connectivity index (χ2n) is 16.2. The molecule has 0 saturated heterocycles. The zero-order valence-electron chi connectivity index (χ0n) is 44.2. The zero-order valence-corrected chi connectivity index (χ0v) is 50.6. The molecular weight excluding hydrogens is 1200 g/mol. The number of rotatable bonds is 37. The Labute approximate surface area is 481 Å². The van der Waals surface area contributed by atoms with E-state index in [9.17, 15) is 9.59 Å². The van der Waals surface area contributed by atoms with Gasteiger partial charge >= 0.3 is 0 Å². The van der Waals surface area contributed by atoms with Crippen molar-refractivity contribution in [3.8, 4) is 54.3 Å². The van der Waals surface area contributed by atoms with Crippen molar-refractivity contribution in [3.63, 3.8) is 0 Å². The van der Waals surface area contributed by atoms with E-state index < -0.39 is 6.29 Å². The van der Waals surface area contributed by atoms with E-state index in [2.05, 4.69) is 86.2 Å². The molecule has 0 saturated carbocycles. The van der Waals surface area contributed by atoms with Crippen LogP contribution in [0.4, 0.5) is 0 Å². The number of phenolic OH excluding ortho intramolecular Hbond substituents is 1. The summed E-state index contributed by atoms with van der Waals surface area (Å²) in [4.78, 5) is 20.5. The van der Waals surface area contributed by atoms with Gasteiger partial charge in [0.15, 0.2) is 6.29 Å². The molecule has 0 atom stereocenters. The summed E-state index contributed by atoms with van der Waals surface area (Å²) in [7, 11) is 1.55. The maximum Gasteiger partial charge on any atom is 0.183 e. The lowest BCUT2D eigenvalue weighted by Gasteiger charge is -2.18. The van der Waals surface area contributed by atoms with Crippen molar-refractivity contribution in [2.75, 3.05) is 74.7 Å². The molecule has 0 heterocycles. The fourth-order valence-electron chi connectivity index (χ4n) is 5.85. The van der Waals surface area contributed by atoms with E-state index >= 15 is 0 Å². The first-order valence-corrected chi connectivity index (χ1v) is 30.4. The van der Waals surface area contributed by atoms with E-state index in [4.69, 9.17) is 53.5 Å². The van der Waals surface area contributed by atoms with E-state index in [0.717, 1.165) is 66.4 Å². The van der Waals surface area contributed by atoms with Crippen molar-refractivity contribution in [1.29, 1.82) is 0 Å². The number of methoxy groups -OCH3 is 1. The first kappa shape index (κ1) is 75.0. The number of terminal acetylenes is 3. The van der Waals surface area contributed by atoms with Crippen LogP contribution in [-0.4, -0.2) is 103 Å². The summed E-state index contributed by atoms with van der Waals surface area (Å²) in [5.41, 5.74) is 2.20. The number of carbonyl (C=O) groups is 2. The minimum absolute atomic E-state index is 0.108. The van der Waals surface area contributed by atoms with Crippen LogP contribution in [0.2, 0.25) is 0 Å². The number of aromatic hydroxyl groups is 1. The van der Waals surface area contributed by atoms with Gasteiger partial charge in [0.1, 0.15) is 29.8 Å². The second kappa shape index (κ2) is 64.1. The molecule has 0 spiro atoms. The number of phenols is 1. The Kier molecular flexibility index (Phi) is 65.0. The van der Waals surface area contributed by atoms with Crippen LogP contribution in [0.1, 0.15) is 167 Å². The third kappa shape index (κ3) is 55.0. The van der Waals surface area contributed by atoms with Gasteiger partial charge in [0.05, 0.1) is 46.2 Å². The first-order chi connectivity index (χ1) is 36.2. The highest BCUT2D eigenvalue weighted by molar-refractivity contribution is 9.09. The normalized spacial score (nSPS) is 9.80. The highest BCUT2D eigenvalue weighted by Gasteiger charge is 2.12. The van der Waals surface area contributed by atoms with Crippen molar-refractivity contribution in [3.05, 3.63) is 89.5 Å². The predicted octanol–water partition coefficient (Wildman–Crippen LogP) is 15.4. The Balaban J connectivity index is -0.000000917. The molecule has 14 heteroatoms. The molecule has 0 aliphatic heterocycles. The number of halogens is 4. The number of aliphatic hydroxyl groups excluding tert-OH is 2. The molecule has 416 valence electrons. The molecule has 0 bridgehead atoms. The number of hydrogen-bond donors (Lipinski definition) is 3. The highest BCUT2D eigenvalue weighted by Crippen LogP contribution is 2.23. The van der Waals surface area contributed by atoms with Crippen LogP contribution in [0.15, 0.2) is 72.8 Å². The number of hydrogen-bond acceptors (Lipinski definition) is 10. The van der Waals surface area contributed by atoms with Gasteiger partial charge in [0.2, 0.25) is 0 Å². The molecular formula is C60H88Br4O10. The summed E-state index contributed by atoms with van der Waals surface area (Å²) in [5, 5.41) is 29.2. The van der Waals surface area contributed by atoms with Crippen LogP contribution < -0.4 is 9.47 Å². The molecule has 3 aromatic rings. The predicted molar refractivity (Wildman–Crippen MR) is 322 cm³/mol. The Hall–Kier alpha value is -3.20. The van der Waals surface area contributed by atoms with Crippen LogP contribution in [0, 0.1) is 37.0 Å². The molecule has 0 amide bonds. The second-order valence-corrected chi connectivity index (χ2v) is 19.3. The van der Waals surface area contributed by atoms with Crippen LogP contribution in [0.3, 0.4) is 0 Å². The maximum absolute atomic E-state index is 10.5. The quantitative estimate of drug-likeness (QED) is 0.0168.